The summed E-state index contributed by atoms with van der Waals surface area (Å²) >= 11 is 3.02. The Kier molecular flexibility index (Phi) is 5.12. The Balaban J connectivity index is 2.49. The summed E-state index contributed by atoms with van der Waals surface area (Å²) in [7, 11) is 0. The molecule has 0 N–H and O–H groups in total. The third kappa shape index (κ3) is 3.76. The SMILES string of the molecule is CCSC(=O)[C@@H](C)Sc1ccccc1. The lowest BCUT2D eigenvalue weighted by atomic mass is 10.4. The van der Waals surface area contributed by atoms with Crippen LogP contribution in [0.2, 0.25) is 0 Å². The Bertz CT molecular complexity index is 285. The van der Waals surface area contributed by atoms with Gasteiger partial charge in [-0.25, -0.2) is 0 Å². The molecular formula is C11H14OS2. The van der Waals surface area contributed by atoms with Gasteiger partial charge < -0.3 is 0 Å². The predicted molar refractivity (Wildman–Crippen MR) is 64.9 cm³/mol. The molecule has 0 aromatic heterocycles. The van der Waals surface area contributed by atoms with Crippen molar-refractivity contribution in [3.05, 3.63) is 30.3 Å². The maximum absolute atomic E-state index is 11.5. The number of hydrogen-bond acceptors (Lipinski definition) is 3. The zero-order valence-corrected chi connectivity index (χ0v) is 10.0. The van der Waals surface area contributed by atoms with E-state index in [2.05, 4.69) is 0 Å². The number of benzene rings is 1. The number of thioether (sulfide) groups is 2. The van der Waals surface area contributed by atoms with Crippen molar-refractivity contribution in [1.29, 1.82) is 0 Å². The maximum atomic E-state index is 11.5. The Morgan fingerprint density at radius 3 is 2.57 bits per heavy atom. The molecule has 76 valence electrons. The minimum atomic E-state index is 0.0438. The van der Waals surface area contributed by atoms with Crippen LogP contribution in [0.15, 0.2) is 35.2 Å². The summed E-state index contributed by atoms with van der Waals surface area (Å²) < 4.78 is 0. The zero-order valence-electron chi connectivity index (χ0n) is 8.40. The van der Waals surface area contributed by atoms with Gasteiger partial charge >= 0.3 is 0 Å². The van der Waals surface area contributed by atoms with Gasteiger partial charge in [-0.1, -0.05) is 36.9 Å². The molecule has 0 unspecified atom stereocenters. The van der Waals surface area contributed by atoms with Gasteiger partial charge in [-0.3, -0.25) is 4.79 Å². The summed E-state index contributed by atoms with van der Waals surface area (Å²) in [5.74, 6) is 0.860. The lowest BCUT2D eigenvalue weighted by Crippen LogP contribution is -2.08. The zero-order chi connectivity index (χ0) is 10.4. The van der Waals surface area contributed by atoms with E-state index in [-0.39, 0.29) is 10.4 Å². The molecule has 3 heteroatoms. The fraction of sp³-hybridized carbons (Fsp3) is 0.364. The lowest BCUT2D eigenvalue weighted by Gasteiger charge is -2.08. The van der Waals surface area contributed by atoms with Crippen molar-refractivity contribution in [2.75, 3.05) is 5.75 Å². The van der Waals surface area contributed by atoms with Crippen molar-refractivity contribution >= 4 is 28.6 Å². The Morgan fingerprint density at radius 2 is 2.00 bits per heavy atom. The molecular weight excluding hydrogens is 212 g/mol. The van der Waals surface area contributed by atoms with Gasteiger partial charge in [0.15, 0.2) is 0 Å². The third-order valence-electron chi connectivity index (χ3n) is 1.67. The normalized spacial score (nSPS) is 12.4. The van der Waals surface area contributed by atoms with Gasteiger partial charge in [0.1, 0.15) is 0 Å². The monoisotopic (exact) mass is 226 g/mol. The molecule has 14 heavy (non-hydrogen) atoms. The summed E-state index contributed by atoms with van der Waals surface area (Å²) in [5, 5.41) is 0.309. The molecule has 1 aromatic carbocycles. The molecule has 0 amide bonds. The third-order valence-corrected chi connectivity index (χ3v) is 3.86. The molecule has 0 aliphatic carbocycles. The van der Waals surface area contributed by atoms with Crippen molar-refractivity contribution in [2.24, 2.45) is 0 Å². The Morgan fingerprint density at radius 1 is 1.36 bits per heavy atom. The average molecular weight is 226 g/mol. The molecule has 0 radical (unpaired) electrons. The van der Waals surface area contributed by atoms with E-state index in [0.29, 0.717) is 0 Å². The first-order chi connectivity index (χ1) is 6.74. The van der Waals surface area contributed by atoms with Crippen LogP contribution in [0.1, 0.15) is 13.8 Å². The van der Waals surface area contributed by atoms with E-state index in [9.17, 15) is 4.79 Å². The number of carbonyl (C=O) groups is 1. The first kappa shape index (κ1) is 11.7. The molecule has 0 aliphatic heterocycles. The van der Waals surface area contributed by atoms with Crippen LogP contribution in [-0.4, -0.2) is 16.1 Å². The molecule has 0 fully saturated rings. The van der Waals surface area contributed by atoms with Gasteiger partial charge in [0.25, 0.3) is 0 Å². The number of carbonyl (C=O) groups excluding carboxylic acids is 1. The van der Waals surface area contributed by atoms with Gasteiger partial charge in [-0.15, -0.1) is 11.8 Å². The molecule has 1 nitrogen and oxygen atoms in total. The highest BCUT2D eigenvalue weighted by Gasteiger charge is 2.13. The lowest BCUT2D eigenvalue weighted by molar-refractivity contribution is -0.110. The van der Waals surface area contributed by atoms with Crippen LogP contribution in [0.25, 0.3) is 0 Å². The van der Waals surface area contributed by atoms with Crippen LogP contribution in [-0.2, 0) is 4.79 Å². The van der Waals surface area contributed by atoms with Crippen LogP contribution in [0, 0.1) is 0 Å². The van der Waals surface area contributed by atoms with Crippen LogP contribution < -0.4 is 0 Å². The maximum Gasteiger partial charge on any atom is 0.201 e. The molecule has 0 spiro atoms. The number of rotatable bonds is 4. The summed E-state index contributed by atoms with van der Waals surface area (Å²) in [6, 6.07) is 10.0. The predicted octanol–water partition coefficient (Wildman–Crippen LogP) is 3.45. The summed E-state index contributed by atoms with van der Waals surface area (Å²) in [6.45, 7) is 3.96. The first-order valence-corrected chi connectivity index (χ1v) is 6.49. The molecule has 0 saturated carbocycles. The van der Waals surface area contributed by atoms with E-state index in [1.165, 1.54) is 11.8 Å². The Hall–Kier alpha value is -0.410. The van der Waals surface area contributed by atoms with Crippen LogP contribution in [0.3, 0.4) is 0 Å². The smallest absolute Gasteiger partial charge is 0.201 e. The highest BCUT2D eigenvalue weighted by atomic mass is 32.2. The minimum Gasteiger partial charge on any atom is -0.286 e. The molecule has 0 aliphatic rings. The van der Waals surface area contributed by atoms with Gasteiger partial charge in [-0.05, 0) is 24.8 Å². The van der Waals surface area contributed by atoms with E-state index < -0.39 is 0 Å². The second-order valence-electron chi connectivity index (χ2n) is 2.83. The van der Waals surface area contributed by atoms with Gasteiger partial charge in [0, 0.05) is 4.90 Å². The largest absolute Gasteiger partial charge is 0.286 e. The highest BCUT2D eigenvalue weighted by Crippen LogP contribution is 2.25. The topological polar surface area (TPSA) is 17.1 Å². The second-order valence-corrected chi connectivity index (χ2v) is 5.51. The van der Waals surface area contributed by atoms with Crippen LogP contribution in [0.5, 0.6) is 0 Å². The molecule has 1 rings (SSSR count). The van der Waals surface area contributed by atoms with Crippen molar-refractivity contribution in [3.63, 3.8) is 0 Å². The quantitative estimate of drug-likeness (QED) is 0.732. The first-order valence-electron chi connectivity index (χ1n) is 4.62. The van der Waals surface area contributed by atoms with E-state index >= 15 is 0 Å². The molecule has 0 bridgehead atoms. The molecule has 1 atom stereocenters. The van der Waals surface area contributed by atoms with Gasteiger partial charge in [0.05, 0.1) is 5.25 Å². The molecule has 0 saturated heterocycles. The fourth-order valence-corrected chi connectivity index (χ4v) is 2.70. The Labute approximate surface area is 93.7 Å². The van der Waals surface area contributed by atoms with E-state index in [4.69, 9.17) is 0 Å². The minimum absolute atomic E-state index is 0.0438. The summed E-state index contributed by atoms with van der Waals surface area (Å²) in [6.07, 6.45) is 0. The van der Waals surface area contributed by atoms with Crippen molar-refractivity contribution in [3.8, 4) is 0 Å². The number of hydrogen-bond donors (Lipinski definition) is 0. The molecule has 0 heterocycles. The van der Waals surface area contributed by atoms with Gasteiger partial charge in [-0.2, -0.15) is 0 Å². The fourth-order valence-electron chi connectivity index (χ4n) is 1.01. The van der Waals surface area contributed by atoms with E-state index in [1.807, 2.05) is 44.2 Å². The van der Waals surface area contributed by atoms with Gasteiger partial charge in [0.2, 0.25) is 5.12 Å². The summed E-state index contributed by atoms with van der Waals surface area (Å²) in [4.78, 5) is 12.6. The van der Waals surface area contributed by atoms with E-state index in [1.54, 1.807) is 11.8 Å². The van der Waals surface area contributed by atoms with Crippen LogP contribution in [0.4, 0.5) is 0 Å². The van der Waals surface area contributed by atoms with Crippen molar-refractivity contribution in [1.82, 2.24) is 0 Å². The second kappa shape index (κ2) is 6.14. The average Bonchev–Trinajstić information content (AvgIpc) is 2.19. The standard InChI is InChI=1S/C11H14OS2/c1-3-13-11(12)9(2)14-10-7-5-4-6-8-10/h4-9H,3H2,1-2H3/t9-/m1/s1. The van der Waals surface area contributed by atoms with Crippen molar-refractivity contribution < 1.29 is 4.79 Å². The van der Waals surface area contributed by atoms with E-state index in [0.717, 1.165) is 10.6 Å². The molecule has 1 aromatic rings. The van der Waals surface area contributed by atoms with Crippen molar-refractivity contribution in [2.45, 2.75) is 24.0 Å². The summed E-state index contributed by atoms with van der Waals surface area (Å²) in [5.41, 5.74) is 0. The highest BCUT2D eigenvalue weighted by molar-refractivity contribution is 8.16. The van der Waals surface area contributed by atoms with Crippen LogP contribution >= 0.6 is 23.5 Å².